The number of phenolic OH excluding ortho intramolecular Hbond substituents is 1. The van der Waals surface area contributed by atoms with Crippen LogP contribution in [0.25, 0.3) is 0 Å². The highest BCUT2D eigenvalue weighted by atomic mass is 35.5. The fourth-order valence-corrected chi connectivity index (χ4v) is 2.96. The van der Waals surface area contributed by atoms with E-state index in [-0.39, 0.29) is 5.75 Å². The Morgan fingerprint density at radius 1 is 1.33 bits per heavy atom. The van der Waals surface area contributed by atoms with Gasteiger partial charge < -0.3 is 10.4 Å². The van der Waals surface area contributed by atoms with Crippen LogP contribution in [0.4, 0.5) is 5.69 Å². The number of halogens is 1. The zero-order valence-corrected chi connectivity index (χ0v) is 9.94. The number of anilines is 1. The van der Waals surface area contributed by atoms with E-state index in [9.17, 15) is 5.11 Å². The lowest BCUT2D eigenvalue weighted by atomic mass is 10.1. The van der Waals surface area contributed by atoms with Crippen LogP contribution in [0, 0.1) is 0 Å². The summed E-state index contributed by atoms with van der Waals surface area (Å²) in [5, 5.41) is 13.1. The number of aromatic hydroxyl groups is 1. The van der Waals surface area contributed by atoms with E-state index >= 15 is 0 Å². The van der Waals surface area contributed by atoms with Gasteiger partial charge in [0.15, 0.2) is 0 Å². The van der Waals surface area contributed by atoms with Gasteiger partial charge in [-0.25, -0.2) is 0 Å². The standard InChI is InChI=1S/C11H14ClNOS/c12-10-7-9(1-2-11(10)14)13-8-3-5-15-6-4-8/h1-2,7-8,13-14H,3-6H2. The van der Waals surface area contributed by atoms with Crippen LogP contribution in [0.1, 0.15) is 12.8 Å². The smallest absolute Gasteiger partial charge is 0.134 e. The molecule has 82 valence electrons. The lowest BCUT2D eigenvalue weighted by Gasteiger charge is -2.23. The third-order valence-electron chi connectivity index (χ3n) is 2.54. The Bertz CT molecular complexity index is 339. The monoisotopic (exact) mass is 243 g/mol. The van der Waals surface area contributed by atoms with Gasteiger partial charge in [0.2, 0.25) is 0 Å². The maximum Gasteiger partial charge on any atom is 0.134 e. The molecule has 2 rings (SSSR count). The van der Waals surface area contributed by atoms with Gasteiger partial charge in [-0.05, 0) is 42.5 Å². The van der Waals surface area contributed by atoms with Gasteiger partial charge in [-0.2, -0.15) is 11.8 Å². The second-order valence-corrected chi connectivity index (χ2v) is 5.33. The molecule has 1 aromatic rings. The molecule has 1 aliphatic heterocycles. The fraction of sp³-hybridized carbons (Fsp3) is 0.455. The maximum atomic E-state index is 9.29. The molecule has 1 saturated heterocycles. The first-order valence-corrected chi connectivity index (χ1v) is 6.62. The third-order valence-corrected chi connectivity index (χ3v) is 3.89. The largest absolute Gasteiger partial charge is 0.506 e. The van der Waals surface area contributed by atoms with Crippen molar-refractivity contribution in [3.05, 3.63) is 23.2 Å². The molecule has 1 aliphatic rings. The number of hydrogen-bond donors (Lipinski definition) is 2. The summed E-state index contributed by atoms with van der Waals surface area (Å²) < 4.78 is 0. The van der Waals surface area contributed by atoms with Gasteiger partial charge in [-0.3, -0.25) is 0 Å². The van der Waals surface area contributed by atoms with Crippen LogP contribution in [-0.4, -0.2) is 22.7 Å². The topological polar surface area (TPSA) is 32.3 Å². The average molecular weight is 244 g/mol. The second-order valence-electron chi connectivity index (χ2n) is 3.70. The van der Waals surface area contributed by atoms with Crippen LogP contribution in [0.15, 0.2) is 18.2 Å². The Morgan fingerprint density at radius 3 is 2.73 bits per heavy atom. The lowest BCUT2D eigenvalue weighted by molar-refractivity contribution is 0.475. The van der Waals surface area contributed by atoms with Crippen LogP contribution < -0.4 is 5.32 Å². The SMILES string of the molecule is Oc1ccc(NC2CCSCC2)cc1Cl. The zero-order chi connectivity index (χ0) is 10.7. The van der Waals surface area contributed by atoms with Crippen molar-refractivity contribution in [1.29, 1.82) is 0 Å². The molecule has 4 heteroatoms. The highest BCUT2D eigenvalue weighted by Crippen LogP contribution is 2.28. The predicted octanol–water partition coefficient (Wildman–Crippen LogP) is 3.35. The Labute approximate surface area is 99.0 Å². The molecule has 1 aromatic carbocycles. The molecule has 0 unspecified atom stereocenters. The first kappa shape index (κ1) is 11.0. The number of benzene rings is 1. The molecule has 0 atom stereocenters. The molecule has 0 radical (unpaired) electrons. The van der Waals surface area contributed by atoms with Crippen LogP contribution in [0.3, 0.4) is 0 Å². The Kier molecular flexibility index (Phi) is 3.65. The molecule has 1 heterocycles. The van der Waals surface area contributed by atoms with E-state index in [0.29, 0.717) is 11.1 Å². The summed E-state index contributed by atoms with van der Waals surface area (Å²) in [4.78, 5) is 0. The second kappa shape index (κ2) is 4.99. The number of hydrogen-bond acceptors (Lipinski definition) is 3. The number of thioether (sulfide) groups is 1. The van der Waals surface area contributed by atoms with Crippen LogP contribution in [0.2, 0.25) is 5.02 Å². The van der Waals surface area contributed by atoms with Crippen molar-refractivity contribution in [2.75, 3.05) is 16.8 Å². The van der Waals surface area contributed by atoms with Gasteiger partial charge in [-0.15, -0.1) is 0 Å². The van der Waals surface area contributed by atoms with Crippen molar-refractivity contribution < 1.29 is 5.11 Å². The van der Waals surface area contributed by atoms with Gasteiger partial charge in [0.05, 0.1) is 5.02 Å². The predicted molar refractivity (Wildman–Crippen MR) is 67.1 cm³/mol. The zero-order valence-electron chi connectivity index (χ0n) is 8.37. The summed E-state index contributed by atoms with van der Waals surface area (Å²) in [6, 6.07) is 5.82. The minimum atomic E-state index is 0.140. The van der Waals surface area contributed by atoms with E-state index in [1.54, 1.807) is 12.1 Å². The molecule has 2 N–H and O–H groups in total. The highest BCUT2D eigenvalue weighted by molar-refractivity contribution is 7.99. The van der Waals surface area contributed by atoms with E-state index in [1.807, 2.05) is 17.8 Å². The lowest BCUT2D eigenvalue weighted by Crippen LogP contribution is -2.24. The third kappa shape index (κ3) is 2.95. The number of phenols is 1. The van der Waals surface area contributed by atoms with Crippen LogP contribution >= 0.6 is 23.4 Å². The fourth-order valence-electron chi connectivity index (χ4n) is 1.67. The molecule has 0 aromatic heterocycles. The minimum absolute atomic E-state index is 0.140. The molecule has 15 heavy (non-hydrogen) atoms. The summed E-state index contributed by atoms with van der Waals surface area (Å²) in [5.74, 6) is 2.59. The molecule has 0 bridgehead atoms. The molecule has 0 spiro atoms. The maximum absolute atomic E-state index is 9.29. The minimum Gasteiger partial charge on any atom is -0.506 e. The molecule has 0 saturated carbocycles. The van der Waals surface area contributed by atoms with E-state index in [4.69, 9.17) is 11.6 Å². The summed E-state index contributed by atoms with van der Waals surface area (Å²) >= 11 is 7.85. The molecule has 2 nitrogen and oxygen atoms in total. The van der Waals surface area contributed by atoms with Gasteiger partial charge >= 0.3 is 0 Å². The van der Waals surface area contributed by atoms with Crippen molar-refractivity contribution in [1.82, 2.24) is 0 Å². The Balaban J connectivity index is 2.00. The summed E-state index contributed by atoms with van der Waals surface area (Å²) in [6.07, 6.45) is 2.40. The summed E-state index contributed by atoms with van der Waals surface area (Å²) in [5.41, 5.74) is 0.995. The van der Waals surface area contributed by atoms with E-state index < -0.39 is 0 Å². The van der Waals surface area contributed by atoms with Crippen molar-refractivity contribution in [3.63, 3.8) is 0 Å². The van der Waals surface area contributed by atoms with E-state index in [2.05, 4.69) is 5.32 Å². The first-order chi connectivity index (χ1) is 7.25. The van der Waals surface area contributed by atoms with E-state index in [0.717, 1.165) is 5.69 Å². The summed E-state index contributed by atoms with van der Waals surface area (Å²) in [6.45, 7) is 0. The van der Waals surface area contributed by atoms with Crippen molar-refractivity contribution >= 4 is 29.1 Å². The van der Waals surface area contributed by atoms with Crippen molar-refractivity contribution in [2.45, 2.75) is 18.9 Å². The van der Waals surface area contributed by atoms with Gasteiger partial charge in [-0.1, -0.05) is 11.6 Å². The van der Waals surface area contributed by atoms with Gasteiger partial charge in [0, 0.05) is 11.7 Å². The molecular weight excluding hydrogens is 230 g/mol. The van der Waals surface area contributed by atoms with Gasteiger partial charge in [0.1, 0.15) is 5.75 Å². The molecule has 0 aliphatic carbocycles. The normalized spacial score (nSPS) is 17.7. The van der Waals surface area contributed by atoms with Crippen LogP contribution in [-0.2, 0) is 0 Å². The quantitative estimate of drug-likeness (QED) is 0.782. The summed E-state index contributed by atoms with van der Waals surface area (Å²) in [7, 11) is 0. The highest BCUT2D eigenvalue weighted by Gasteiger charge is 2.13. The number of rotatable bonds is 2. The molecular formula is C11H14ClNOS. The first-order valence-electron chi connectivity index (χ1n) is 5.08. The van der Waals surface area contributed by atoms with Crippen LogP contribution in [0.5, 0.6) is 5.75 Å². The Morgan fingerprint density at radius 2 is 2.07 bits per heavy atom. The average Bonchev–Trinajstić information content (AvgIpc) is 2.25. The van der Waals surface area contributed by atoms with Crippen molar-refractivity contribution in [3.8, 4) is 5.75 Å². The van der Waals surface area contributed by atoms with Crippen molar-refractivity contribution in [2.24, 2.45) is 0 Å². The molecule has 0 amide bonds. The molecule has 1 fully saturated rings. The van der Waals surface area contributed by atoms with Gasteiger partial charge in [0.25, 0.3) is 0 Å². The Hall–Kier alpha value is -0.540. The number of nitrogens with one attached hydrogen (secondary N) is 1. The van der Waals surface area contributed by atoms with E-state index in [1.165, 1.54) is 24.3 Å².